The van der Waals surface area contributed by atoms with Crippen LogP contribution >= 0.6 is 0 Å². The van der Waals surface area contributed by atoms with Gasteiger partial charge in [0.15, 0.2) is 0 Å². The Labute approximate surface area is 112 Å². The van der Waals surface area contributed by atoms with Crippen LogP contribution in [0.1, 0.15) is 25.7 Å². The van der Waals surface area contributed by atoms with Crippen LogP contribution in [0, 0.1) is 5.92 Å². The molecule has 114 valence electrons. The minimum absolute atomic E-state index is 0.0811. The number of amides is 3. The summed E-state index contributed by atoms with van der Waals surface area (Å²) in [5.74, 6) is -3.34. The first-order valence-electron chi connectivity index (χ1n) is 6.07. The van der Waals surface area contributed by atoms with Gasteiger partial charge in [0, 0.05) is 19.5 Å². The van der Waals surface area contributed by atoms with Crippen LogP contribution in [-0.4, -0.2) is 47.2 Å². The van der Waals surface area contributed by atoms with Crippen LogP contribution in [0.2, 0.25) is 0 Å². The molecule has 0 bridgehead atoms. The number of hydrogen-bond donors (Lipinski definition) is 2. The van der Waals surface area contributed by atoms with E-state index in [4.69, 9.17) is 5.11 Å². The van der Waals surface area contributed by atoms with E-state index < -0.39 is 36.4 Å². The predicted molar refractivity (Wildman–Crippen MR) is 60.8 cm³/mol. The fourth-order valence-electron chi connectivity index (χ4n) is 1.89. The first-order valence-corrected chi connectivity index (χ1v) is 6.07. The van der Waals surface area contributed by atoms with Crippen molar-refractivity contribution in [3.8, 4) is 0 Å². The number of carboxylic acid groups (broad SMARTS) is 1. The predicted octanol–water partition coefficient (Wildman–Crippen LogP) is 1.36. The average molecular weight is 296 g/mol. The van der Waals surface area contributed by atoms with Crippen LogP contribution in [0.4, 0.5) is 18.0 Å². The molecule has 1 fully saturated rings. The number of carbonyl (C=O) groups excluding carboxylic acids is 2. The second-order valence-corrected chi connectivity index (χ2v) is 4.55. The van der Waals surface area contributed by atoms with Gasteiger partial charge in [0.05, 0.1) is 12.3 Å². The summed E-state index contributed by atoms with van der Waals surface area (Å²) in [4.78, 5) is 34.2. The highest BCUT2D eigenvalue weighted by Crippen LogP contribution is 2.33. The van der Waals surface area contributed by atoms with E-state index in [9.17, 15) is 27.6 Å². The molecule has 0 aliphatic carbocycles. The molecule has 9 heteroatoms. The topological polar surface area (TPSA) is 86.7 Å². The van der Waals surface area contributed by atoms with Gasteiger partial charge in [-0.2, -0.15) is 13.2 Å². The maximum Gasteiger partial charge on any atom is 0.391 e. The molecule has 0 radical (unpaired) electrons. The smallest absolute Gasteiger partial charge is 0.391 e. The zero-order chi connectivity index (χ0) is 15.3. The average Bonchev–Trinajstić information content (AvgIpc) is 2.35. The van der Waals surface area contributed by atoms with Gasteiger partial charge in [0.2, 0.25) is 5.91 Å². The second kappa shape index (κ2) is 6.58. The molecule has 1 saturated heterocycles. The summed E-state index contributed by atoms with van der Waals surface area (Å²) < 4.78 is 37.3. The van der Waals surface area contributed by atoms with Crippen molar-refractivity contribution in [3.05, 3.63) is 0 Å². The van der Waals surface area contributed by atoms with Crippen molar-refractivity contribution in [1.82, 2.24) is 10.2 Å². The van der Waals surface area contributed by atoms with Crippen molar-refractivity contribution in [2.45, 2.75) is 31.9 Å². The summed E-state index contributed by atoms with van der Waals surface area (Å²) in [7, 11) is 0. The molecule has 0 atom stereocenters. The van der Waals surface area contributed by atoms with Crippen LogP contribution in [-0.2, 0) is 9.59 Å². The minimum Gasteiger partial charge on any atom is -0.481 e. The Morgan fingerprint density at radius 1 is 1.15 bits per heavy atom. The number of carboxylic acids is 1. The molecule has 0 spiro atoms. The molecular weight excluding hydrogens is 281 g/mol. The molecule has 0 aromatic rings. The highest BCUT2D eigenvalue weighted by atomic mass is 19.4. The van der Waals surface area contributed by atoms with Gasteiger partial charge in [0.1, 0.15) is 0 Å². The van der Waals surface area contributed by atoms with Crippen LogP contribution in [0.15, 0.2) is 0 Å². The number of urea groups is 1. The van der Waals surface area contributed by atoms with E-state index in [1.165, 1.54) is 0 Å². The Hall–Kier alpha value is -1.80. The molecule has 2 N–H and O–H groups in total. The maximum absolute atomic E-state index is 12.4. The van der Waals surface area contributed by atoms with Crippen LogP contribution in [0.25, 0.3) is 0 Å². The molecule has 0 unspecified atom stereocenters. The zero-order valence-electron chi connectivity index (χ0n) is 10.6. The molecule has 1 aliphatic heterocycles. The van der Waals surface area contributed by atoms with Gasteiger partial charge < -0.3 is 10.0 Å². The molecule has 0 aromatic carbocycles. The molecule has 3 amide bonds. The molecule has 1 rings (SSSR count). The Balaban J connectivity index is 2.36. The number of hydrogen-bond acceptors (Lipinski definition) is 3. The van der Waals surface area contributed by atoms with Gasteiger partial charge in [-0.25, -0.2) is 4.79 Å². The lowest BCUT2D eigenvalue weighted by molar-refractivity contribution is -0.183. The van der Waals surface area contributed by atoms with E-state index >= 15 is 0 Å². The molecule has 0 saturated carbocycles. The summed E-state index contributed by atoms with van der Waals surface area (Å²) in [5, 5.41) is 10.3. The molecule has 20 heavy (non-hydrogen) atoms. The van der Waals surface area contributed by atoms with Crippen LogP contribution < -0.4 is 5.32 Å². The number of halogens is 3. The van der Waals surface area contributed by atoms with Crippen molar-refractivity contribution in [1.29, 1.82) is 0 Å². The van der Waals surface area contributed by atoms with Crippen molar-refractivity contribution in [2.24, 2.45) is 5.92 Å². The number of alkyl halides is 3. The standard InChI is InChI=1S/C11H15F3N2O4/c12-11(13,14)7-3-5-16(6-4-7)10(20)15-8(17)1-2-9(18)19/h7H,1-6H2,(H,18,19)(H,15,17,20). The van der Waals surface area contributed by atoms with Crippen LogP contribution in [0.5, 0.6) is 0 Å². The zero-order valence-corrected chi connectivity index (χ0v) is 10.6. The summed E-state index contributed by atoms with van der Waals surface area (Å²) in [6.07, 6.45) is -5.41. The molecule has 6 nitrogen and oxygen atoms in total. The lowest BCUT2D eigenvalue weighted by atomic mass is 9.96. The van der Waals surface area contributed by atoms with E-state index in [-0.39, 0.29) is 32.4 Å². The number of aliphatic carboxylic acids is 1. The quantitative estimate of drug-likeness (QED) is 0.823. The van der Waals surface area contributed by atoms with Gasteiger partial charge in [-0.15, -0.1) is 0 Å². The molecule has 0 aromatic heterocycles. The summed E-state index contributed by atoms with van der Waals surface area (Å²) in [6.45, 7) is -0.162. The van der Waals surface area contributed by atoms with Crippen molar-refractivity contribution >= 4 is 17.9 Å². The fourth-order valence-corrected chi connectivity index (χ4v) is 1.89. The highest BCUT2D eigenvalue weighted by molar-refractivity contribution is 5.95. The number of rotatable bonds is 3. The number of carbonyl (C=O) groups is 3. The Morgan fingerprint density at radius 2 is 1.70 bits per heavy atom. The SMILES string of the molecule is O=C(O)CCC(=O)NC(=O)N1CCC(C(F)(F)F)CC1. The summed E-state index contributed by atoms with van der Waals surface area (Å²) in [5.41, 5.74) is 0. The third-order valence-corrected chi connectivity index (χ3v) is 3.06. The van der Waals surface area contributed by atoms with Gasteiger partial charge in [-0.1, -0.05) is 0 Å². The summed E-state index contributed by atoms with van der Waals surface area (Å²) in [6, 6.07) is -0.777. The van der Waals surface area contributed by atoms with Crippen LogP contribution in [0.3, 0.4) is 0 Å². The molecule has 1 aliphatic rings. The van der Waals surface area contributed by atoms with Crippen molar-refractivity contribution < 1.29 is 32.7 Å². The van der Waals surface area contributed by atoms with Gasteiger partial charge in [-0.3, -0.25) is 14.9 Å². The van der Waals surface area contributed by atoms with E-state index in [0.717, 1.165) is 4.90 Å². The maximum atomic E-state index is 12.4. The first kappa shape index (κ1) is 16.3. The normalized spacial score (nSPS) is 16.9. The lowest BCUT2D eigenvalue weighted by Gasteiger charge is -2.32. The number of nitrogens with zero attached hydrogens (tertiary/aromatic N) is 1. The van der Waals surface area contributed by atoms with E-state index in [0.29, 0.717) is 0 Å². The Morgan fingerprint density at radius 3 is 2.15 bits per heavy atom. The number of likely N-dealkylation sites (tertiary alicyclic amines) is 1. The van der Waals surface area contributed by atoms with E-state index in [2.05, 4.69) is 0 Å². The minimum atomic E-state index is -4.26. The monoisotopic (exact) mass is 296 g/mol. The summed E-state index contributed by atoms with van der Waals surface area (Å²) >= 11 is 0. The number of piperidine rings is 1. The highest BCUT2D eigenvalue weighted by Gasteiger charge is 2.41. The Kier molecular flexibility index (Phi) is 5.34. The third-order valence-electron chi connectivity index (χ3n) is 3.06. The fraction of sp³-hybridized carbons (Fsp3) is 0.727. The lowest BCUT2D eigenvalue weighted by Crippen LogP contribution is -2.48. The van der Waals surface area contributed by atoms with Crippen molar-refractivity contribution in [3.63, 3.8) is 0 Å². The van der Waals surface area contributed by atoms with Gasteiger partial charge in [0.25, 0.3) is 0 Å². The van der Waals surface area contributed by atoms with E-state index in [1.807, 2.05) is 5.32 Å². The van der Waals surface area contributed by atoms with E-state index in [1.54, 1.807) is 0 Å². The van der Waals surface area contributed by atoms with Gasteiger partial charge in [-0.05, 0) is 12.8 Å². The number of nitrogens with one attached hydrogen (secondary N) is 1. The van der Waals surface area contributed by atoms with Crippen molar-refractivity contribution in [2.75, 3.05) is 13.1 Å². The molecule has 1 heterocycles. The Bertz CT molecular complexity index is 390. The second-order valence-electron chi connectivity index (χ2n) is 4.55. The largest absolute Gasteiger partial charge is 0.481 e. The molecular formula is C11H15F3N2O4. The number of imide groups is 1. The first-order chi connectivity index (χ1) is 9.20. The van der Waals surface area contributed by atoms with Gasteiger partial charge >= 0.3 is 18.2 Å². The third kappa shape index (κ3) is 5.06.